The number of thioether (sulfide) groups is 1. The van der Waals surface area contributed by atoms with E-state index in [4.69, 9.17) is 10.2 Å². The predicted octanol–water partition coefficient (Wildman–Crippen LogP) is 4.15. The molecule has 0 aliphatic heterocycles. The van der Waals surface area contributed by atoms with E-state index in [1.807, 2.05) is 39.0 Å². The van der Waals surface area contributed by atoms with Gasteiger partial charge in [0, 0.05) is 29.8 Å². The minimum absolute atomic E-state index is 0.0159. The van der Waals surface area contributed by atoms with Crippen LogP contribution in [0.5, 0.6) is 5.75 Å². The third kappa shape index (κ3) is 13.8. The first kappa shape index (κ1) is 27.0. The minimum atomic E-state index is -0.514. The fourth-order valence-electron chi connectivity index (χ4n) is 1.64. The molecule has 0 saturated heterocycles. The number of nitrogens with one attached hydrogen (secondary N) is 1. The second kappa shape index (κ2) is 14.9. The fourth-order valence-corrected chi connectivity index (χ4v) is 2.59. The highest BCUT2D eigenvalue weighted by Gasteiger charge is 2.20. The molecule has 2 rings (SSSR count). The van der Waals surface area contributed by atoms with Crippen LogP contribution >= 0.6 is 21.2 Å². The average molecular weight is 441 g/mol. The zero-order valence-corrected chi connectivity index (χ0v) is 18.8. The van der Waals surface area contributed by atoms with Crippen molar-refractivity contribution in [3.8, 4) is 5.75 Å². The molecule has 9 heteroatoms. The highest BCUT2D eigenvalue weighted by atomic mass is 32.2. The molecule has 2 aromatic carbocycles. The summed E-state index contributed by atoms with van der Waals surface area (Å²) in [5.74, 6) is 0.543. The minimum Gasteiger partial charge on any atom is -0.508 e. The summed E-state index contributed by atoms with van der Waals surface area (Å²) in [6, 6.07) is 15.3. The summed E-state index contributed by atoms with van der Waals surface area (Å²) in [4.78, 5) is 20.6. The molecular formula is C20H29N2O5PS. The molecule has 0 fully saturated rings. The Labute approximate surface area is 178 Å². The molecule has 0 spiro atoms. The molecule has 0 aliphatic rings. The first-order valence-electron chi connectivity index (χ1n) is 8.80. The Morgan fingerprint density at radius 2 is 1.69 bits per heavy atom. The molecule has 0 aliphatic carbocycles. The number of hydrogen-bond acceptors (Lipinski definition) is 7. The van der Waals surface area contributed by atoms with Gasteiger partial charge in [-0.3, -0.25) is 20.0 Å². The Balaban J connectivity index is 0.000000406. The summed E-state index contributed by atoms with van der Waals surface area (Å²) in [7, 11) is 2.48. The molecule has 0 radical (unpaired) electrons. The van der Waals surface area contributed by atoms with Gasteiger partial charge in [-0.1, -0.05) is 72.3 Å². The summed E-state index contributed by atoms with van der Waals surface area (Å²) in [6.07, 6.45) is 0. The highest BCUT2D eigenvalue weighted by Crippen LogP contribution is 2.22. The van der Waals surface area contributed by atoms with Crippen LogP contribution in [0.2, 0.25) is 0 Å². The van der Waals surface area contributed by atoms with E-state index >= 15 is 0 Å². The van der Waals surface area contributed by atoms with E-state index in [1.54, 1.807) is 0 Å². The zero-order valence-electron chi connectivity index (χ0n) is 16.9. The maximum absolute atomic E-state index is 11.1. The van der Waals surface area contributed by atoms with Crippen molar-refractivity contribution < 1.29 is 19.9 Å². The van der Waals surface area contributed by atoms with E-state index in [2.05, 4.69) is 26.6 Å². The van der Waals surface area contributed by atoms with Gasteiger partial charge in [0.25, 0.3) is 5.69 Å². The molecule has 0 saturated carbocycles. The van der Waals surface area contributed by atoms with Gasteiger partial charge in [0.2, 0.25) is 0 Å². The Morgan fingerprint density at radius 1 is 1.14 bits per heavy atom. The number of aromatic hydroxyl groups is 1. The van der Waals surface area contributed by atoms with Crippen molar-refractivity contribution >= 4 is 32.0 Å². The van der Waals surface area contributed by atoms with Gasteiger partial charge < -0.3 is 10.2 Å². The van der Waals surface area contributed by atoms with Gasteiger partial charge in [-0.2, -0.15) is 0 Å². The van der Waals surface area contributed by atoms with E-state index in [9.17, 15) is 14.9 Å². The normalized spacial score (nSPS) is 10.1. The molecule has 1 atom stereocenters. The van der Waals surface area contributed by atoms with Gasteiger partial charge >= 0.3 is 0 Å². The van der Waals surface area contributed by atoms with Gasteiger partial charge in [-0.15, -0.1) is 0 Å². The summed E-state index contributed by atoms with van der Waals surface area (Å²) in [5.41, 5.74) is 1.02. The number of nitro groups is 1. The van der Waals surface area contributed by atoms with Crippen molar-refractivity contribution in [2.75, 3.05) is 12.4 Å². The fraction of sp³-hybridized carbons (Fsp3) is 0.350. The Hall–Kier alpha value is -1.99. The van der Waals surface area contributed by atoms with E-state index in [0.29, 0.717) is 5.75 Å². The molecule has 0 heterocycles. The van der Waals surface area contributed by atoms with Crippen molar-refractivity contribution in [1.82, 2.24) is 5.09 Å². The summed E-state index contributed by atoms with van der Waals surface area (Å²) in [6.45, 7) is 6.62. The summed E-state index contributed by atoms with van der Waals surface area (Å²) in [5, 5.41) is 30.3. The van der Waals surface area contributed by atoms with Crippen LogP contribution in [-0.4, -0.2) is 32.6 Å². The van der Waals surface area contributed by atoms with Crippen LogP contribution in [0.15, 0.2) is 54.6 Å². The number of nitrogens with zero attached hydrogens (tertiary/aromatic N) is 1. The first-order valence-corrected chi connectivity index (χ1v) is 10.4. The first-order chi connectivity index (χ1) is 13.6. The smallest absolute Gasteiger partial charge is 0.269 e. The molecule has 0 amide bonds. The molecule has 1 unspecified atom stereocenters. The number of nitro benzene ring substituents is 1. The van der Waals surface area contributed by atoms with Crippen LogP contribution in [0.3, 0.4) is 0 Å². The molecule has 0 bridgehead atoms. The van der Waals surface area contributed by atoms with E-state index in [-0.39, 0.29) is 28.6 Å². The number of rotatable bonds is 5. The van der Waals surface area contributed by atoms with Crippen LogP contribution in [0.25, 0.3) is 0 Å². The lowest BCUT2D eigenvalue weighted by Crippen LogP contribution is -2.17. The quantitative estimate of drug-likeness (QED) is 0.364. The second-order valence-electron chi connectivity index (χ2n) is 6.75. The van der Waals surface area contributed by atoms with Gasteiger partial charge in [0.15, 0.2) is 5.12 Å². The van der Waals surface area contributed by atoms with Crippen LogP contribution < -0.4 is 5.09 Å². The lowest BCUT2D eigenvalue weighted by molar-refractivity contribution is -0.384. The van der Waals surface area contributed by atoms with Crippen LogP contribution in [0, 0.1) is 15.5 Å². The monoisotopic (exact) mass is 440 g/mol. The molecule has 2 aromatic rings. The Bertz CT molecular complexity index is 722. The molecule has 29 heavy (non-hydrogen) atoms. The number of aliphatic hydroxyl groups excluding tert-OH is 1. The van der Waals surface area contributed by atoms with Gasteiger partial charge in [0.05, 0.1) is 11.5 Å². The van der Waals surface area contributed by atoms with Crippen molar-refractivity contribution in [1.29, 1.82) is 0 Å². The lowest BCUT2D eigenvalue weighted by Gasteiger charge is -2.14. The molecule has 160 valence electrons. The van der Waals surface area contributed by atoms with Crippen LogP contribution in [-0.2, 0) is 11.3 Å². The van der Waals surface area contributed by atoms with Crippen molar-refractivity contribution in [2.24, 2.45) is 5.41 Å². The third-order valence-electron chi connectivity index (χ3n) is 3.15. The number of phenols is 1. The van der Waals surface area contributed by atoms with E-state index < -0.39 is 4.92 Å². The Morgan fingerprint density at radius 3 is 2.10 bits per heavy atom. The molecule has 3 N–H and O–H groups in total. The number of carbonyl (C=O) groups excluding carboxylic acids is 1. The highest BCUT2D eigenvalue weighted by molar-refractivity contribution is 8.13. The van der Waals surface area contributed by atoms with E-state index in [1.165, 1.54) is 41.6 Å². The maximum Gasteiger partial charge on any atom is 0.269 e. The number of hydrogen-bond donors (Lipinski definition) is 3. The predicted molar refractivity (Wildman–Crippen MR) is 122 cm³/mol. The lowest BCUT2D eigenvalue weighted by atomic mass is 10.00. The molecular weight excluding hydrogens is 411 g/mol. The number of phenolic OH excluding ortho intramolecular Hbond substituents is 1. The number of non-ortho nitro benzene ring substituents is 1. The van der Waals surface area contributed by atoms with Gasteiger partial charge in [0.1, 0.15) is 5.75 Å². The topological polar surface area (TPSA) is 113 Å². The number of carbonyl (C=O) groups is 1. The Kier molecular flexibility index (Phi) is 13.9. The summed E-state index contributed by atoms with van der Waals surface area (Å²) < 4.78 is 0. The van der Waals surface area contributed by atoms with E-state index in [0.717, 1.165) is 6.54 Å². The maximum atomic E-state index is 11.1. The SMILES string of the molecule is CC(C)(C)C(=O)SCCO.O=[N+]([O-])c1ccc(O)cc1.PNCc1ccccc1. The standard InChI is InChI=1S/C7H10NP.C7H14O2S.C6H5NO3/c9-8-6-7-4-2-1-3-5-7;1-7(2,3)6(9)10-5-4-8;8-6-3-1-5(2-4-6)7(9)10/h1-5,8H,6,9H2;8H,4-5H2,1-3H3;1-4,8H. The van der Waals surface area contributed by atoms with Gasteiger partial charge in [-0.25, -0.2) is 0 Å². The van der Waals surface area contributed by atoms with Crippen molar-refractivity contribution in [3.63, 3.8) is 0 Å². The molecule has 0 aromatic heterocycles. The third-order valence-corrected chi connectivity index (χ3v) is 4.61. The summed E-state index contributed by atoms with van der Waals surface area (Å²) >= 11 is 1.19. The number of benzene rings is 2. The average Bonchev–Trinajstić information content (AvgIpc) is 2.68. The second-order valence-corrected chi connectivity index (χ2v) is 8.23. The van der Waals surface area contributed by atoms with Crippen molar-refractivity contribution in [2.45, 2.75) is 27.3 Å². The van der Waals surface area contributed by atoms with Gasteiger partial charge in [-0.05, 0) is 17.7 Å². The zero-order chi connectivity index (χ0) is 22.3. The van der Waals surface area contributed by atoms with Crippen molar-refractivity contribution in [3.05, 3.63) is 70.3 Å². The van der Waals surface area contributed by atoms with Crippen LogP contribution in [0.1, 0.15) is 26.3 Å². The number of aliphatic hydroxyl groups is 1. The largest absolute Gasteiger partial charge is 0.508 e. The molecule has 7 nitrogen and oxygen atoms in total. The van der Waals surface area contributed by atoms with Crippen LogP contribution in [0.4, 0.5) is 5.69 Å².